The standard InChI is InChI=1S/C13H9.C13H10.C8H11.2CH3.Zr/c1-3-7-12-10(5-1)9-11-6-2-4-8-13(11)12;1-3-7-12(8-4-1)11-13-9-5-2-6-10-13;1-7(2)8-5-3-4-6-8;;;/h1-5,7-8H,9H2;1-10H;5-7H,3H2,1-2H3;2*1H3;/q-1;;3*-1;. The molecule has 0 bridgehead atoms. The second-order valence-electron chi connectivity index (χ2n) is 8.91. The van der Waals surface area contributed by atoms with Gasteiger partial charge in [0.1, 0.15) is 0 Å². The quantitative estimate of drug-likeness (QED) is 0.193. The van der Waals surface area contributed by atoms with E-state index in [1.54, 1.807) is 0 Å². The summed E-state index contributed by atoms with van der Waals surface area (Å²) in [5.41, 5.74) is 9.61. The van der Waals surface area contributed by atoms with E-state index in [0.717, 1.165) is 12.8 Å². The summed E-state index contributed by atoms with van der Waals surface area (Å²) in [7, 11) is 0. The van der Waals surface area contributed by atoms with Crippen molar-refractivity contribution in [3.63, 3.8) is 0 Å². The first-order chi connectivity index (χ1) is 17.1. The van der Waals surface area contributed by atoms with Crippen LogP contribution < -0.4 is 0 Å². The van der Waals surface area contributed by atoms with Crippen LogP contribution in [-0.4, -0.2) is 3.21 Å². The molecule has 4 aromatic carbocycles. The third kappa shape index (κ3) is 8.31. The van der Waals surface area contributed by atoms with Gasteiger partial charge in [-0.25, -0.2) is 6.08 Å². The Morgan fingerprint density at radius 3 is 1.84 bits per heavy atom. The predicted octanol–water partition coefficient (Wildman–Crippen LogP) is 9.09. The van der Waals surface area contributed by atoms with Crippen LogP contribution in [-0.2, 0) is 30.7 Å². The maximum atomic E-state index is 3.30. The Balaban J connectivity index is 0.000000197. The van der Waals surface area contributed by atoms with Crippen molar-refractivity contribution in [1.29, 1.82) is 0 Å². The third-order valence-corrected chi connectivity index (χ3v) is 7.55. The minimum Gasteiger partial charge on any atom is -0.179 e. The van der Waals surface area contributed by atoms with Crippen molar-refractivity contribution in [2.45, 2.75) is 26.7 Å². The summed E-state index contributed by atoms with van der Waals surface area (Å²) in [5.74, 6) is 0.685. The zero-order chi connectivity index (χ0) is 24.5. The van der Waals surface area contributed by atoms with Crippen molar-refractivity contribution in [2.75, 3.05) is 0 Å². The average molecular weight is 560 g/mol. The topological polar surface area (TPSA) is 0 Å². The monoisotopic (exact) mass is 558 g/mol. The number of rotatable bonds is 3. The number of fused-ring (bicyclic) bond motifs is 3. The molecule has 0 nitrogen and oxygen atoms in total. The maximum Gasteiger partial charge on any atom is -0.0253 e. The molecule has 0 aromatic heterocycles. The van der Waals surface area contributed by atoms with E-state index in [-0.39, 0.29) is 14.9 Å². The molecule has 37 heavy (non-hydrogen) atoms. The summed E-state index contributed by atoms with van der Waals surface area (Å²) in [4.78, 5) is 0. The molecule has 0 fully saturated rings. The van der Waals surface area contributed by atoms with Crippen LogP contribution in [0.5, 0.6) is 0 Å². The molecule has 6 rings (SSSR count). The Bertz CT molecular complexity index is 1230. The number of hydrogen-bond acceptors (Lipinski definition) is 0. The van der Waals surface area contributed by atoms with Gasteiger partial charge in [-0.2, -0.15) is 41.5 Å². The van der Waals surface area contributed by atoms with Crippen molar-refractivity contribution >= 4 is 3.21 Å². The minimum atomic E-state index is 0. The first-order valence-corrected chi connectivity index (χ1v) is 13.4. The van der Waals surface area contributed by atoms with E-state index in [9.17, 15) is 0 Å². The summed E-state index contributed by atoms with van der Waals surface area (Å²) in [6.07, 6.45) is 9.52. The van der Waals surface area contributed by atoms with Gasteiger partial charge in [0.15, 0.2) is 0 Å². The van der Waals surface area contributed by atoms with Crippen molar-refractivity contribution in [1.82, 2.24) is 0 Å². The van der Waals surface area contributed by atoms with Gasteiger partial charge in [0, 0.05) is 0 Å². The molecule has 0 N–H and O–H groups in total. The fourth-order valence-corrected chi connectivity index (χ4v) is 5.01. The van der Waals surface area contributed by atoms with E-state index in [1.165, 1.54) is 66.4 Å². The molecule has 0 atom stereocenters. The van der Waals surface area contributed by atoms with Crippen LogP contribution in [0.25, 0.3) is 11.1 Å². The number of benzene rings is 4. The smallest absolute Gasteiger partial charge is 0.0253 e. The molecule has 2 aliphatic rings. The van der Waals surface area contributed by atoms with Crippen LogP contribution in [0, 0.1) is 32.9 Å². The molecule has 2 aliphatic carbocycles. The van der Waals surface area contributed by atoms with Gasteiger partial charge in [0.2, 0.25) is 0 Å². The van der Waals surface area contributed by atoms with Crippen molar-refractivity contribution in [3.8, 4) is 11.1 Å². The van der Waals surface area contributed by atoms with Crippen LogP contribution >= 0.6 is 0 Å². The molecule has 4 aromatic rings. The van der Waals surface area contributed by atoms with Crippen LogP contribution in [0.3, 0.4) is 0 Å². The predicted molar refractivity (Wildman–Crippen MR) is 158 cm³/mol. The van der Waals surface area contributed by atoms with E-state index >= 15 is 0 Å². The van der Waals surface area contributed by atoms with Crippen molar-refractivity contribution in [3.05, 3.63) is 170 Å². The van der Waals surface area contributed by atoms with E-state index in [4.69, 9.17) is 0 Å². The summed E-state index contributed by atoms with van der Waals surface area (Å²) < 4.78 is 1.42. The molecule has 0 saturated heterocycles. The van der Waals surface area contributed by atoms with Crippen molar-refractivity contribution in [2.24, 2.45) is 5.92 Å². The van der Waals surface area contributed by atoms with E-state index in [2.05, 4.69) is 135 Å². The largest absolute Gasteiger partial charge is 0.179 e. The van der Waals surface area contributed by atoms with Crippen LogP contribution in [0.4, 0.5) is 0 Å². The molecule has 0 radical (unpaired) electrons. The minimum absolute atomic E-state index is 0. The van der Waals surface area contributed by atoms with Gasteiger partial charge >= 0.3 is 99.2 Å². The van der Waals surface area contributed by atoms with Gasteiger partial charge in [0.25, 0.3) is 0 Å². The van der Waals surface area contributed by atoms with Gasteiger partial charge in [0.05, 0.1) is 0 Å². The zero-order valence-electron chi connectivity index (χ0n) is 22.5. The van der Waals surface area contributed by atoms with Crippen LogP contribution in [0.2, 0.25) is 0 Å². The first kappa shape index (κ1) is 30.3. The van der Waals surface area contributed by atoms with Gasteiger partial charge in [-0.3, -0.25) is 6.08 Å². The van der Waals surface area contributed by atoms with Crippen molar-refractivity contribution < 1.29 is 24.2 Å². The third-order valence-electron chi connectivity index (χ3n) is 6.13. The summed E-state index contributed by atoms with van der Waals surface area (Å²) in [5, 5.41) is 0. The number of allylic oxidation sites excluding steroid dienone is 4. The Morgan fingerprint density at radius 2 is 1.30 bits per heavy atom. The fraction of sp³-hybridized carbons (Fsp3) is 0.139. The molecule has 0 heterocycles. The van der Waals surface area contributed by atoms with Crippen LogP contribution in [0.1, 0.15) is 42.5 Å². The van der Waals surface area contributed by atoms with Gasteiger partial charge in [-0.1, -0.05) is 55.2 Å². The maximum absolute atomic E-state index is 3.30. The fourth-order valence-electron chi connectivity index (χ4n) is 4.19. The van der Waals surface area contributed by atoms with E-state index in [1.807, 2.05) is 6.07 Å². The average Bonchev–Trinajstić information content (AvgIpc) is 3.59. The molecular formula is C36H36Zr-4. The first-order valence-electron chi connectivity index (χ1n) is 12.2. The second-order valence-corrected chi connectivity index (χ2v) is 10.1. The molecule has 0 saturated carbocycles. The summed E-state index contributed by atoms with van der Waals surface area (Å²) in [6, 6.07) is 39.2. The Morgan fingerprint density at radius 1 is 0.730 bits per heavy atom. The molecule has 1 heteroatoms. The van der Waals surface area contributed by atoms with Gasteiger partial charge in [-0.15, -0.1) is 12.0 Å². The SMILES string of the molecule is CC(C)C1=CC[C-]=C1.[CH3-].[CH3-].[Zr]=[C](c1ccccc1)c1ccccc1.[c-]1cccc2c1Cc1ccccc1-2. The molecule has 0 aliphatic heterocycles. The molecular weight excluding hydrogens is 524 g/mol. The van der Waals surface area contributed by atoms with Gasteiger partial charge < -0.3 is 14.9 Å². The zero-order valence-corrected chi connectivity index (χ0v) is 24.9. The molecule has 0 amide bonds. The summed E-state index contributed by atoms with van der Waals surface area (Å²) >= 11 is 1.46. The Hall–Kier alpha value is -2.89. The van der Waals surface area contributed by atoms with Gasteiger partial charge in [-0.05, 0) is 6.42 Å². The molecule has 188 valence electrons. The normalized spacial score (nSPS) is 11.8. The summed E-state index contributed by atoms with van der Waals surface area (Å²) in [6.45, 7) is 4.41. The molecule has 0 spiro atoms. The number of hydrogen-bond donors (Lipinski definition) is 0. The molecule has 0 unspecified atom stereocenters. The van der Waals surface area contributed by atoms with Crippen LogP contribution in [0.15, 0.2) is 121 Å². The second kappa shape index (κ2) is 15.4. The Labute approximate surface area is 240 Å². The van der Waals surface area contributed by atoms with E-state index < -0.39 is 0 Å². The van der Waals surface area contributed by atoms with E-state index in [0.29, 0.717) is 5.92 Å². The Kier molecular flexibility index (Phi) is 12.6.